The van der Waals surface area contributed by atoms with Gasteiger partial charge in [-0.2, -0.15) is 0 Å². The minimum atomic E-state index is -0.395. The molecule has 0 radical (unpaired) electrons. The summed E-state index contributed by atoms with van der Waals surface area (Å²) in [6, 6.07) is 0. The van der Waals surface area contributed by atoms with E-state index >= 15 is 0 Å². The van der Waals surface area contributed by atoms with Crippen molar-refractivity contribution in [3.8, 4) is 0 Å². The first-order chi connectivity index (χ1) is 5.49. The zero-order chi connectivity index (χ0) is 9.72. The summed E-state index contributed by atoms with van der Waals surface area (Å²) in [6.45, 7) is 8.63. The van der Waals surface area contributed by atoms with Crippen LogP contribution in [0.3, 0.4) is 0 Å². The first kappa shape index (κ1) is 10.9. The maximum absolute atomic E-state index is 11.0. The Hall–Kier alpha value is -1.09. The zero-order valence-corrected chi connectivity index (χ0v) is 7.83. The second kappa shape index (κ2) is 4.72. The lowest BCUT2D eigenvalue weighted by molar-refractivity contribution is -0.148. The zero-order valence-electron chi connectivity index (χ0n) is 7.83. The summed E-state index contributed by atoms with van der Waals surface area (Å²) < 4.78 is 4.99. The van der Waals surface area contributed by atoms with E-state index in [4.69, 9.17) is 4.74 Å². The van der Waals surface area contributed by atoms with Gasteiger partial charge in [0.15, 0.2) is 6.23 Å². The predicted octanol–water partition coefficient (Wildman–Crippen LogP) is 1.18. The van der Waals surface area contributed by atoms with E-state index in [2.05, 4.69) is 13.2 Å². The second-order valence-corrected chi connectivity index (χ2v) is 2.78. The van der Waals surface area contributed by atoms with Crippen molar-refractivity contribution in [2.45, 2.75) is 13.2 Å². The van der Waals surface area contributed by atoms with E-state index in [1.807, 2.05) is 0 Å². The maximum Gasteiger partial charge on any atom is 0.334 e. The predicted molar refractivity (Wildman–Crippen MR) is 48.6 cm³/mol. The molecule has 1 atom stereocenters. The number of rotatable bonds is 4. The Morgan fingerprint density at radius 2 is 2.08 bits per heavy atom. The van der Waals surface area contributed by atoms with Crippen LogP contribution >= 0.6 is 0 Å². The topological polar surface area (TPSA) is 29.5 Å². The number of hydrogen-bond acceptors (Lipinski definition) is 3. The third kappa shape index (κ3) is 3.34. The van der Waals surface area contributed by atoms with E-state index in [0.717, 1.165) is 0 Å². The van der Waals surface area contributed by atoms with Gasteiger partial charge < -0.3 is 4.74 Å². The molecule has 0 aliphatic heterocycles. The van der Waals surface area contributed by atoms with E-state index in [-0.39, 0.29) is 6.23 Å². The van der Waals surface area contributed by atoms with Crippen LogP contribution in [-0.4, -0.2) is 31.2 Å². The monoisotopic (exact) mass is 169 g/mol. The van der Waals surface area contributed by atoms with Crippen LogP contribution in [0.5, 0.6) is 0 Å². The third-order valence-electron chi connectivity index (χ3n) is 1.29. The standard InChI is InChI=1S/C9H15NO2/c1-6-8(10(4)5)12-9(11)7(2)3/h6,8H,1-2H2,3-5H3. The molecule has 3 heteroatoms. The van der Waals surface area contributed by atoms with Gasteiger partial charge in [-0.25, -0.2) is 4.79 Å². The van der Waals surface area contributed by atoms with Crippen LogP contribution in [0.4, 0.5) is 0 Å². The summed E-state index contributed by atoms with van der Waals surface area (Å²) >= 11 is 0. The summed E-state index contributed by atoms with van der Waals surface area (Å²) in [5, 5.41) is 0. The first-order valence-corrected chi connectivity index (χ1v) is 3.64. The van der Waals surface area contributed by atoms with Gasteiger partial charge in [0.1, 0.15) is 0 Å². The fourth-order valence-corrected chi connectivity index (χ4v) is 0.575. The summed E-state index contributed by atoms with van der Waals surface area (Å²) in [4.78, 5) is 12.8. The van der Waals surface area contributed by atoms with Crippen molar-refractivity contribution in [2.75, 3.05) is 14.1 Å². The molecular weight excluding hydrogens is 154 g/mol. The third-order valence-corrected chi connectivity index (χ3v) is 1.29. The number of carbonyl (C=O) groups excluding carboxylic acids is 1. The highest BCUT2D eigenvalue weighted by Crippen LogP contribution is 2.01. The highest BCUT2D eigenvalue weighted by atomic mass is 16.6. The van der Waals surface area contributed by atoms with Crippen molar-refractivity contribution < 1.29 is 9.53 Å². The molecule has 0 saturated heterocycles. The molecule has 68 valence electrons. The van der Waals surface area contributed by atoms with E-state index in [1.165, 1.54) is 0 Å². The minimum Gasteiger partial charge on any atom is -0.439 e. The SMILES string of the molecule is C=CC(OC(=O)C(=C)C)N(C)C. The number of hydrogen-bond donors (Lipinski definition) is 0. The number of carbonyl (C=O) groups is 1. The van der Waals surface area contributed by atoms with Crippen LogP contribution in [0, 0.1) is 0 Å². The lowest BCUT2D eigenvalue weighted by Crippen LogP contribution is -2.31. The van der Waals surface area contributed by atoms with E-state index < -0.39 is 5.97 Å². The van der Waals surface area contributed by atoms with Gasteiger partial charge in [-0.05, 0) is 27.1 Å². The minimum absolute atomic E-state index is 0.380. The molecule has 0 aliphatic rings. The molecule has 0 heterocycles. The van der Waals surface area contributed by atoms with E-state index in [0.29, 0.717) is 5.57 Å². The molecule has 0 aromatic rings. The summed E-state index contributed by atoms with van der Waals surface area (Å²) in [6.07, 6.45) is 1.18. The molecule has 12 heavy (non-hydrogen) atoms. The molecule has 0 bridgehead atoms. The Morgan fingerprint density at radius 1 is 1.58 bits per heavy atom. The van der Waals surface area contributed by atoms with Gasteiger partial charge in [-0.1, -0.05) is 13.2 Å². The number of ether oxygens (including phenoxy) is 1. The molecule has 0 spiro atoms. The molecule has 0 fully saturated rings. The fourth-order valence-electron chi connectivity index (χ4n) is 0.575. The van der Waals surface area contributed by atoms with Crippen molar-refractivity contribution in [3.05, 3.63) is 24.8 Å². The number of nitrogens with zero attached hydrogens (tertiary/aromatic N) is 1. The maximum atomic E-state index is 11.0. The summed E-state index contributed by atoms with van der Waals surface area (Å²) in [7, 11) is 3.61. The van der Waals surface area contributed by atoms with Gasteiger partial charge in [0.25, 0.3) is 0 Å². The highest BCUT2D eigenvalue weighted by Gasteiger charge is 2.12. The van der Waals surface area contributed by atoms with Gasteiger partial charge in [0.05, 0.1) is 0 Å². The molecule has 0 N–H and O–H groups in total. The fraction of sp³-hybridized carbons (Fsp3) is 0.444. The molecule has 0 amide bonds. The van der Waals surface area contributed by atoms with Gasteiger partial charge in [-0.15, -0.1) is 0 Å². The Morgan fingerprint density at radius 3 is 2.33 bits per heavy atom. The van der Waals surface area contributed by atoms with Crippen molar-refractivity contribution >= 4 is 5.97 Å². The van der Waals surface area contributed by atoms with Crippen molar-refractivity contribution in [2.24, 2.45) is 0 Å². The molecular formula is C9H15NO2. The number of likely N-dealkylation sites (N-methyl/N-ethyl adjacent to an activating group) is 1. The Labute approximate surface area is 73.3 Å². The first-order valence-electron chi connectivity index (χ1n) is 3.64. The molecule has 0 aromatic heterocycles. The van der Waals surface area contributed by atoms with Gasteiger partial charge in [-0.3, -0.25) is 4.90 Å². The second-order valence-electron chi connectivity index (χ2n) is 2.78. The smallest absolute Gasteiger partial charge is 0.334 e. The lowest BCUT2D eigenvalue weighted by Gasteiger charge is -2.20. The normalized spacial score (nSPS) is 12.3. The highest BCUT2D eigenvalue weighted by molar-refractivity contribution is 5.87. The number of esters is 1. The molecule has 0 saturated carbocycles. The van der Waals surface area contributed by atoms with Gasteiger partial charge in [0, 0.05) is 5.57 Å². The van der Waals surface area contributed by atoms with Gasteiger partial charge in [0.2, 0.25) is 0 Å². The quantitative estimate of drug-likeness (QED) is 0.274. The average molecular weight is 169 g/mol. The van der Waals surface area contributed by atoms with Gasteiger partial charge >= 0.3 is 5.97 Å². The Balaban J connectivity index is 4.12. The molecule has 1 unspecified atom stereocenters. The van der Waals surface area contributed by atoms with Crippen LogP contribution in [0.25, 0.3) is 0 Å². The largest absolute Gasteiger partial charge is 0.439 e. The van der Waals surface area contributed by atoms with Crippen LogP contribution < -0.4 is 0 Å². The molecule has 0 aromatic carbocycles. The van der Waals surface area contributed by atoms with Crippen LogP contribution in [-0.2, 0) is 9.53 Å². The van der Waals surface area contributed by atoms with Crippen molar-refractivity contribution in [3.63, 3.8) is 0 Å². The lowest BCUT2D eigenvalue weighted by atomic mass is 10.3. The van der Waals surface area contributed by atoms with E-state index in [1.54, 1.807) is 32.0 Å². The van der Waals surface area contributed by atoms with Crippen LogP contribution in [0.15, 0.2) is 24.8 Å². The Bertz CT molecular complexity index is 197. The summed E-state index contributed by atoms with van der Waals surface area (Å²) in [5.41, 5.74) is 0.392. The molecule has 0 aliphatic carbocycles. The van der Waals surface area contributed by atoms with Crippen LogP contribution in [0.1, 0.15) is 6.92 Å². The molecule has 3 nitrogen and oxygen atoms in total. The van der Waals surface area contributed by atoms with E-state index in [9.17, 15) is 4.79 Å². The summed E-state index contributed by atoms with van der Waals surface area (Å²) in [5.74, 6) is -0.395. The van der Waals surface area contributed by atoms with Crippen molar-refractivity contribution in [1.82, 2.24) is 4.90 Å². The van der Waals surface area contributed by atoms with Crippen LogP contribution in [0.2, 0.25) is 0 Å². The average Bonchev–Trinajstić information content (AvgIpc) is 1.98. The van der Waals surface area contributed by atoms with Crippen molar-refractivity contribution in [1.29, 1.82) is 0 Å². The molecule has 0 rings (SSSR count). The Kier molecular flexibility index (Phi) is 4.29.